The standard InChI is InChI=1S/C18H18N4O/c23-14-20-10-12-21(13-11-20)16-6-4-15(5-7-16)17-2-1-3-18-19-8-9-22(17)18/h1-9,14H,10-13H2. The molecule has 3 heterocycles. The summed E-state index contributed by atoms with van der Waals surface area (Å²) in [5.41, 5.74) is 4.47. The zero-order chi connectivity index (χ0) is 15.6. The van der Waals surface area contributed by atoms with E-state index in [1.807, 2.05) is 29.4 Å². The fourth-order valence-corrected chi connectivity index (χ4v) is 3.11. The molecule has 23 heavy (non-hydrogen) atoms. The number of piperazine rings is 1. The highest BCUT2D eigenvalue weighted by Gasteiger charge is 2.15. The maximum absolute atomic E-state index is 10.8. The number of amides is 1. The Morgan fingerprint density at radius 3 is 2.48 bits per heavy atom. The molecule has 1 amide bonds. The second kappa shape index (κ2) is 5.76. The van der Waals surface area contributed by atoms with Crippen LogP contribution < -0.4 is 4.90 Å². The van der Waals surface area contributed by atoms with Gasteiger partial charge in [-0.15, -0.1) is 0 Å². The predicted octanol–water partition coefficient (Wildman–Crippen LogP) is 2.28. The summed E-state index contributed by atoms with van der Waals surface area (Å²) in [5, 5.41) is 0. The number of hydrogen-bond acceptors (Lipinski definition) is 3. The lowest BCUT2D eigenvalue weighted by atomic mass is 10.1. The number of carbonyl (C=O) groups excluding carboxylic acids is 1. The zero-order valence-corrected chi connectivity index (χ0v) is 12.8. The van der Waals surface area contributed by atoms with Crippen LogP contribution in [0.4, 0.5) is 5.69 Å². The average Bonchev–Trinajstić information content (AvgIpc) is 3.11. The molecule has 0 spiro atoms. The minimum Gasteiger partial charge on any atom is -0.368 e. The summed E-state index contributed by atoms with van der Waals surface area (Å²) in [6.45, 7) is 3.35. The Balaban J connectivity index is 1.59. The number of pyridine rings is 1. The predicted molar refractivity (Wildman–Crippen MR) is 90.5 cm³/mol. The number of anilines is 1. The van der Waals surface area contributed by atoms with Crippen LogP contribution >= 0.6 is 0 Å². The number of carbonyl (C=O) groups is 1. The van der Waals surface area contributed by atoms with Crippen molar-refractivity contribution in [3.05, 3.63) is 54.9 Å². The van der Waals surface area contributed by atoms with Crippen LogP contribution in [0.15, 0.2) is 54.9 Å². The third-order valence-corrected chi connectivity index (χ3v) is 4.42. The van der Waals surface area contributed by atoms with E-state index in [0.717, 1.165) is 43.9 Å². The normalized spacial score (nSPS) is 15.1. The molecule has 0 aliphatic carbocycles. The maximum atomic E-state index is 10.8. The molecule has 5 heteroatoms. The molecule has 116 valence electrons. The third-order valence-electron chi connectivity index (χ3n) is 4.42. The van der Waals surface area contributed by atoms with Gasteiger partial charge in [-0.05, 0) is 29.8 Å². The van der Waals surface area contributed by atoms with Gasteiger partial charge in [-0.2, -0.15) is 0 Å². The first-order valence-corrected chi connectivity index (χ1v) is 7.82. The number of aromatic nitrogens is 2. The van der Waals surface area contributed by atoms with Crippen LogP contribution in [0, 0.1) is 0 Å². The fraction of sp³-hybridized carbons (Fsp3) is 0.222. The van der Waals surface area contributed by atoms with E-state index in [1.165, 1.54) is 11.3 Å². The van der Waals surface area contributed by atoms with Crippen molar-refractivity contribution in [1.29, 1.82) is 0 Å². The minimum absolute atomic E-state index is 0.791. The lowest BCUT2D eigenvalue weighted by Gasteiger charge is -2.34. The van der Waals surface area contributed by atoms with Crippen LogP contribution in [0.3, 0.4) is 0 Å². The van der Waals surface area contributed by atoms with Crippen LogP contribution in [0.2, 0.25) is 0 Å². The highest BCUT2D eigenvalue weighted by molar-refractivity contribution is 5.66. The molecular weight excluding hydrogens is 288 g/mol. The van der Waals surface area contributed by atoms with Crippen molar-refractivity contribution in [1.82, 2.24) is 14.3 Å². The quantitative estimate of drug-likeness (QED) is 0.697. The molecule has 3 aromatic rings. The fourth-order valence-electron chi connectivity index (χ4n) is 3.11. The molecule has 2 aromatic heterocycles. The summed E-state index contributed by atoms with van der Waals surface area (Å²) < 4.78 is 2.10. The van der Waals surface area contributed by atoms with Gasteiger partial charge in [-0.1, -0.05) is 18.2 Å². The van der Waals surface area contributed by atoms with Gasteiger partial charge in [0, 0.05) is 44.3 Å². The lowest BCUT2D eigenvalue weighted by Crippen LogP contribution is -2.45. The number of hydrogen-bond donors (Lipinski definition) is 0. The molecule has 1 fully saturated rings. The molecule has 1 aliphatic heterocycles. The Hall–Kier alpha value is -2.82. The SMILES string of the molecule is O=CN1CCN(c2ccc(-c3cccc4nccn34)cc2)CC1. The van der Waals surface area contributed by atoms with Gasteiger partial charge in [0.2, 0.25) is 6.41 Å². The molecule has 0 bridgehead atoms. The smallest absolute Gasteiger partial charge is 0.209 e. The highest BCUT2D eigenvalue weighted by atomic mass is 16.1. The Labute approximate surface area is 134 Å². The molecule has 1 aromatic carbocycles. The maximum Gasteiger partial charge on any atom is 0.209 e. The van der Waals surface area contributed by atoms with Gasteiger partial charge in [-0.3, -0.25) is 9.20 Å². The summed E-state index contributed by atoms with van der Waals surface area (Å²) in [7, 11) is 0. The molecule has 0 unspecified atom stereocenters. The average molecular weight is 306 g/mol. The largest absolute Gasteiger partial charge is 0.368 e. The van der Waals surface area contributed by atoms with Crippen molar-refractivity contribution >= 4 is 17.7 Å². The Bertz CT molecular complexity index is 816. The summed E-state index contributed by atoms with van der Waals surface area (Å²) in [4.78, 5) is 19.3. The molecule has 0 atom stereocenters. The molecule has 0 N–H and O–H groups in total. The van der Waals surface area contributed by atoms with Gasteiger partial charge >= 0.3 is 0 Å². The first kappa shape index (κ1) is 13.8. The van der Waals surface area contributed by atoms with E-state index in [4.69, 9.17) is 0 Å². The molecular formula is C18H18N4O. The van der Waals surface area contributed by atoms with E-state index in [1.54, 1.807) is 0 Å². The van der Waals surface area contributed by atoms with Crippen LogP contribution in [0.1, 0.15) is 0 Å². The molecule has 4 rings (SSSR count). The van der Waals surface area contributed by atoms with Gasteiger partial charge < -0.3 is 9.80 Å². The van der Waals surface area contributed by atoms with Crippen molar-refractivity contribution in [2.45, 2.75) is 0 Å². The van der Waals surface area contributed by atoms with Gasteiger partial charge in [0.15, 0.2) is 0 Å². The molecule has 5 nitrogen and oxygen atoms in total. The molecule has 0 saturated carbocycles. The van der Waals surface area contributed by atoms with Crippen LogP contribution in [-0.4, -0.2) is 46.9 Å². The monoisotopic (exact) mass is 306 g/mol. The minimum atomic E-state index is 0.791. The van der Waals surface area contributed by atoms with Crippen LogP contribution in [-0.2, 0) is 4.79 Å². The van der Waals surface area contributed by atoms with Gasteiger partial charge in [0.25, 0.3) is 0 Å². The second-order valence-corrected chi connectivity index (χ2v) is 5.74. The highest BCUT2D eigenvalue weighted by Crippen LogP contribution is 2.24. The van der Waals surface area contributed by atoms with Crippen LogP contribution in [0.5, 0.6) is 0 Å². The van der Waals surface area contributed by atoms with Crippen molar-refractivity contribution in [3.8, 4) is 11.3 Å². The summed E-state index contributed by atoms with van der Waals surface area (Å²) in [6, 6.07) is 14.7. The molecule has 1 aliphatic rings. The Morgan fingerprint density at radius 2 is 1.74 bits per heavy atom. The lowest BCUT2D eigenvalue weighted by molar-refractivity contribution is -0.118. The van der Waals surface area contributed by atoms with Gasteiger partial charge in [-0.25, -0.2) is 4.98 Å². The van der Waals surface area contributed by atoms with E-state index >= 15 is 0 Å². The van der Waals surface area contributed by atoms with E-state index in [9.17, 15) is 4.79 Å². The number of benzene rings is 1. The second-order valence-electron chi connectivity index (χ2n) is 5.74. The van der Waals surface area contributed by atoms with Crippen molar-refractivity contribution in [2.75, 3.05) is 31.1 Å². The van der Waals surface area contributed by atoms with Crippen molar-refractivity contribution in [3.63, 3.8) is 0 Å². The van der Waals surface area contributed by atoms with Crippen molar-refractivity contribution < 1.29 is 4.79 Å². The van der Waals surface area contributed by atoms with Gasteiger partial charge in [0.05, 0.1) is 5.69 Å². The first-order chi connectivity index (χ1) is 11.3. The third kappa shape index (κ3) is 2.54. The van der Waals surface area contributed by atoms with E-state index in [-0.39, 0.29) is 0 Å². The first-order valence-electron chi connectivity index (χ1n) is 7.82. The van der Waals surface area contributed by atoms with Crippen LogP contribution in [0.25, 0.3) is 16.9 Å². The number of fused-ring (bicyclic) bond motifs is 1. The molecule has 0 radical (unpaired) electrons. The van der Waals surface area contributed by atoms with Gasteiger partial charge in [0.1, 0.15) is 5.65 Å². The van der Waals surface area contributed by atoms with E-state index in [0.29, 0.717) is 0 Å². The number of imidazole rings is 1. The van der Waals surface area contributed by atoms with Crippen molar-refractivity contribution in [2.24, 2.45) is 0 Å². The van der Waals surface area contributed by atoms with E-state index in [2.05, 4.69) is 44.6 Å². The van der Waals surface area contributed by atoms with E-state index < -0.39 is 0 Å². The summed E-state index contributed by atoms with van der Waals surface area (Å²) in [6.07, 6.45) is 4.74. The summed E-state index contributed by atoms with van der Waals surface area (Å²) >= 11 is 0. The number of nitrogens with zero attached hydrogens (tertiary/aromatic N) is 4. The zero-order valence-electron chi connectivity index (χ0n) is 12.8. The summed E-state index contributed by atoms with van der Waals surface area (Å²) in [5.74, 6) is 0. The number of rotatable bonds is 3. The molecule has 1 saturated heterocycles. The topological polar surface area (TPSA) is 40.9 Å². The Morgan fingerprint density at radius 1 is 0.957 bits per heavy atom. The Kier molecular flexibility index (Phi) is 3.46.